The topological polar surface area (TPSA) is 34.2 Å². The minimum Gasteiger partial charge on any atom is -0.497 e. The Bertz CT molecular complexity index is 587. The number of nitrogens with one attached hydrogen (secondary N) is 1. The molecule has 0 radical (unpaired) electrons. The number of aromatic nitrogens is 1. The molecule has 1 N–H and O–H groups in total. The highest BCUT2D eigenvalue weighted by Crippen LogP contribution is 2.34. The fourth-order valence-corrected chi connectivity index (χ4v) is 4.33. The van der Waals surface area contributed by atoms with Crippen LogP contribution in [0.2, 0.25) is 0 Å². The smallest absolute Gasteiger partial charge is 0.120 e. The van der Waals surface area contributed by atoms with Gasteiger partial charge in [0.05, 0.1) is 22.3 Å². The zero-order valence-electron chi connectivity index (χ0n) is 12.2. The molecule has 1 heterocycles. The molecule has 0 aliphatic heterocycles. The number of methoxy groups -OCH3 is 1. The van der Waals surface area contributed by atoms with Crippen molar-refractivity contribution >= 4 is 21.6 Å². The van der Waals surface area contributed by atoms with Crippen molar-refractivity contribution in [2.45, 2.75) is 44.1 Å². The van der Waals surface area contributed by atoms with Crippen LogP contribution in [0.1, 0.15) is 37.1 Å². The zero-order chi connectivity index (χ0) is 14.0. The quantitative estimate of drug-likeness (QED) is 0.930. The summed E-state index contributed by atoms with van der Waals surface area (Å²) in [5, 5.41) is 4.82. The summed E-state index contributed by atoms with van der Waals surface area (Å²) in [4.78, 5) is 4.80. The van der Waals surface area contributed by atoms with Gasteiger partial charge in [-0.2, -0.15) is 0 Å². The highest BCUT2D eigenvalue weighted by Gasteiger charge is 2.31. The minimum absolute atomic E-state index is 0.260. The predicted molar refractivity (Wildman–Crippen MR) is 84.8 cm³/mol. The summed E-state index contributed by atoms with van der Waals surface area (Å²) in [6, 6.07) is 6.13. The Morgan fingerprint density at radius 1 is 1.30 bits per heavy atom. The molecule has 2 aromatic rings. The Kier molecular flexibility index (Phi) is 3.94. The van der Waals surface area contributed by atoms with Crippen LogP contribution in [0.15, 0.2) is 18.2 Å². The van der Waals surface area contributed by atoms with Crippen LogP contribution in [0.25, 0.3) is 10.2 Å². The molecule has 20 heavy (non-hydrogen) atoms. The lowest BCUT2D eigenvalue weighted by Gasteiger charge is -2.36. The molecule has 1 aromatic carbocycles. The van der Waals surface area contributed by atoms with E-state index >= 15 is 0 Å². The molecule has 3 rings (SSSR count). The molecule has 0 saturated heterocycles. The van der Waals surface area contributed by atoms with Crippen molar-refractivity contribution in [2.24, 2.45) is 0 Å². The van der Waals surface area contributed by atoms with Gasteiger partial charge in [-0.25, -0.2) is 4.98 Å². The van der Waals surface area contributed by atoms with E-state index < -0.39 is 0 Å². The molecule has 1 aliphatic rings. The minimum atomic E-state index is 0.260. The van der Waals surface area contributed by atoms with Gasteiger partial charge in [0.25, 0.3) is 0 Å². The molecule has 1 saturated carbocycles. The summed E-state index contributed by atoms with van der Waals surface area (Å²) in [5.41, 5.74) is 1.35. The van der Waals surface area contributed by atoms with Crippen molar-refractivity contribution in [1.29, 1.82) is 0 Å². The van der Waals surface area contributed by atoms with Gasteiger partial charge in [0.1, 0.15) is 5.75 Å². The van der Waals surface area contributed by atoms with E-state index in [2.05, 4.69) is 24.5 Å². The third-order valence-electron chi connectivity index (χ3n) is 4.47. The number of benzene rings is 1. The molecule has 0 amide bonds. The van der Waals surface area contributed by atoms with E-state index in [1.807, 2.05) is 6.07 Å². The van der Waals surface area contributed by atoms with Crippen LogP contribution >= 0.6 is 11.3 Å². The third kappa shape index (κ3) is 2.67. The fourth-order valence-electron chi connectivity index (χ4n) is 3.19. The summed E-state index contributed by atoms with van der Waals surface area (Å²) in [7, 11) is 3.81. The first kappa shape index (κ1) is 13.8. The van der Waals surface area contributed by atoms with Gasteiger partial charge in [-0.3, -0.25) is 0 Å². The summed E-state index contributed by atoms with van der Waals surface area (Å²) >= 11 is 1.80. The number of nitrogens with zero attached hydrogens (tertiary/aromatic N) is 1. The highest BCUT2D eigenvalue weighted by molar-refractivity contribution is 7.18. The molecular weight excluding hydrogens is 268 g/mol. The van der Waals surface area contributed by atoms with Crippen molar-refractivity contribution < 1.29 is 4.74 Å². The standard InChI is InChI=1S/C16H22N2OS/c1-17-16(8-4-3-5-9-16)11-15-18-13-7-6-12(19-2)10-14(13)20-15/h6-7,10,17H,3-5,8-9,11H2,1-2H3. The number of likely N-dealkylation sites (N-methyl/N-ethyl adjacent to an activating group) is 1. The van der Waals surface area contributed by atoms with Gasteiger partial charge < -0.3 is 10.1 Å². The lowest BCUT2D eigenvalue weighted by atomic mass is 9.79. The van der Waals surface area contributed by atoms with E-state index in [0.29, 0.717) is 0 Å². The third-order valence-corrected chi connectivity index (χ3v) is 5.49. The molecule has 0 atom stereocenters. The Labute approximate surface area is 124 Å². The SMILES string of the molecule is CNC1(Cc2nc3ccc(OC)cc3s2)CCCCC1. The first-order chi connectivity index (χ1) is 9.74. The van der Waals surface area contributed by atoms with Crippen molar-refractivity contribution in [3.63, 3.8) is 0 Å². The van der Waals surface area contributed by atoms with Crippen LogP contribution in [0.3, 0.4) is 0 Å². The molecule has 1 fully saturated rings. The molecule has 4 heteroatoms. The van der Waals surface area contributed by atoms with Crippen LogP contribution in [0.4, 0.5) is 0 Å². The molecule has 108 valence electrons. The second kappa shape index (κ2) is 5.70. The van der Waals surface area contributed by atoms with Gasteiger partial charge in [0.2, 0.25) is 0 Å². The van der Waals surface area contributed by atoms with Gasteiger partial charge in [0.15, 0.2) is 0 Å². The lowest BCUT2D eigenvalue weighted by molar-refractivity contribution is 0.244. The molecule has 1 aromatic heterocycles. The van der Waals surface area contributed by atoms with E-state index in [9.17, 15) is 0 Å². The maximum absolute atomic E-state index is 5.29. The molecule has 0 unspecified atom stereocenters. The number of hydrogen-bond acceptors (Lipinski definition) is 4. The average molecular weight is 290 g/mol. The number of ether oxygens (including phenoxy) is 1. The summed E-state index contributed by atoms with van der Waals surface area (Å²) in [6.45, 7) is 0. The van der Waals surface area contributed by atoms with Gasteiger partial charge in [-0.05, 0) is 38.1 Å². The first-order valence-corrected chi connectivity index (χ1v) is 8.19. The Hall–Kier alpha value is -1.13. The predicted octanol–water partition coefficient (Wildman–Crippen LogP) is 3.77. The number of rotatable bonds is 4. The maximum Gasteiger partial charge on any atom is 0.120 e. The fraction of sp³-hybridized carbons (Fsp3) is 0.562. The van der Waals surface area contributed by atoms with Gasteiger partial charge >= 0.3 is 0 Å². The van der Waals surface area contributed by atoms with Crippen LogP contribution in [-0.2, 0) is 6.42 Å². The van der Waals surface area contributed by atoms with Crippen LogP contribution in [-0.4, -0.2) is 24.7 Å². The van der Waals surface area contributed by atoms with E-state index in [4.69, 9.17) is 9.72 Å². The second-order valence-corrected chi connectivity index (χ2v) is 6.82. The summed E-state index contributed by atoms with van der Waals surface area (Å²) in [5.74, 6) is 0.911. The normalized spacial score (nSPS) is 18.3. The van der Waals surface area contributed by atoms with Crippen LogP contribution in [0.5, 0.6) is 5.75 Å². The van der Waals surface area contributed by atoms with E-state index in [1.54, 1.807) is 18.4 Å². The van der Waals surface area contributed by atoms with Gasteiger partial charge in [-0.1, -0.05) is 19.3 Å². The Balaban J connectivity index is 1.86. The zero-order valence-corrected chi connectivity index (χ0v) is 13.1. The molecule has 0 bridgehead atoms. The largest absolute Gasteiger partial charge is 0.497 e. The first-order valence-electron chi connectivity index (χ1n) is 7.37. The number of thiazole rings is 1. The van der Waals surface area contributed by atoms with Crippen LogP contribution < -0.4 is 10.1 Å². The average Bonchev–Trinajstić information content (AvgIpc) is 2.89. The van der Waals surface area contributed by atoms with E-state index in [1.165, 1.54) is 41.8 Å². The summed E-state index contributed by atoms with van der Waals surface area (Å²) in [6.07, 6.45) is 7.62. The maximum atomic E-state index is 5.29. The lowest BCUT2D eigenvalue weighted by Crippen LogP contribution is -2.46. The molecule has 1 aliphatic carbocycles. The van der Waals surface area contributed by atoms with Crippen molar-refractivity contribution in [2.75, 3.05) is 14.2 Å². The monoisotopic (exact) mass is 290 g/mol. The number of fused-ring (bicyclic) bond motifs is 1. The Morgan fingerprint density at radius 3 is 2.80 bits per heavy atom. The number of hydrogen-bond donors (Lipinski definition) is 1. The molecular formula is C16H22N2OS. The van der Waals surface area contributed by atoms with Gasteiger partial charge in [-0.15, -0.1) is 11.3 Å². The second-order valence-electron chi connectivity index (χ2n) is 5.71. The van der Waals surface area contributed by atoms with Gasteiger partial charge in [0, 0.05) is 12.0 Å². The van der Waals surface area contributed by atoms with Crippen molar-refractivity contribution in [3.8, 4) is 5.75 Å². The molecule has 3 nitrogen and oxygen atoms in total. The molecule has 0 spiro atoms. The van der Waals surface area contributed by atoms with Crippen LogP contribution in [0, 0.1) is 0 Å². The van der Waals surface area contributed by atoms with E-state index in [0.717, 1.165) is 17.7 Å². The summed E-state index contributed by atoms with van der Waals surface area (Å²) < 4.78 is 6.51. The van der Waals surface area contributed by atoms with E-state index in [-0.39, 0.29) is 5.54 Å². The highest BCUT2D eigenvalue weighted by atomic mass is 32.1. The van der Waals surface area contributed by atoms with Crippen molar-refractivity contribution in [3.05, 3.63) is 23.2 Å². The Morgan fingerprint density at radius 2 is 2.10 bits per heavy atom. The van der Waals surface area contributed by atoms with Crippen molar-refractivity contribution in [1.82, 2.24) is 10.3 Å².